The zero-order valence-corrected chi connectivity index (χ0v) is 13.2. The lowest BCUT2D eigenvalue weighted by Gasteiger charge is -2.24. The largest absolute Gasteiger partial charge is 0.386 e. The van der Waals surface area contributed by atoms with E-state index < -0.39 is 5.60 Å². The van der Waals surface area contributed by atoms with Crippen LogP contribution in [0.5, 0.6) is 0 Å². The number of aromatic nitrogens is 2. The van der Waals surface area contributed by atoms with Gasteiger partial charge in [0.15, 0.2) is 11.6 Å². The molecule has 2 aliphatic heterocycles. The molecule has 2 aliphatic rings. The van der Waals surface area contributed by atoms with Crippen molar-refractivity contribution < 1.29 is 9.84 Å². The van der Waals surface area contributed by atoms with Gasteiger partial charge in [0.05, 0.1) is 17.6 Å². The van der Waals surface area contributed by atoms with Crippen LogP contribution in [-0.2, 0) is 4.74 Å². The molecule has 0 saturated carbocycles. The Morgan fingerprint density at radius 2 is 1.91 bits per heavy atom. The van der Waals surface area contributed by atoms with E-state index in [0.717, 1.165) is 35.8 Å². The minimum atomic E-state index is -0.810. The molecule has 0 amide bonds. The summed E-state index contributed by atoms with van der Waals surface area (Å²) in [7, 11) is 0. The Morgan fingerprint density at radius 3 is 2.61 bits per heavy atom. The van der Waals surface area contributed by atoms with Gasteiger partial charge in [-0.1, -0.05) is 12.1 Å². The van der Waals surface area contributed by atoms with Crippen LogP contribution in [0.2, 0.25) is 0 Å². The van der Waals surface area contributed by atoms with Crippen molar-refractivity contribution >= 4 is 22.7 Å². The Balaban J connectivity index is 1.66. The maximum absolute atomic E-state index is 10.5. The fraction of sp³-hybridized carbons (Fsp3) is 0.529. The Hall–Kier alpha value is -1.92. The second-order valence-corrected chi connectivity index (χ2v) is 6.46. The minimum Gasteiger partial charge on any atom is -0.386 e. The third-order valence-electron chi connectivity index (χ3n) is 4.63. The monoisotopic (exact) mass is 314 g/mol. The molecule has 0 radical (unpaired) electrons. The zero-order chi connectivity index (χ0) is 15.7. The van der Waals surface area contributed by atoms with Crippen LogP contribution in [0.3, 0.4) is 0 Å². The third kappa shape index (κ3) is 2.96. The standard InChI is InChI=1S/C17H22N4O2/c22-17(7-10-23-12-17)11-18-15-16(21-8-3-4-9-21)20-14-6-2-1-5-13(14)19-15/h1-2,5-6,22H,3-4,7-12H2,(H,18,19)/t17-/m1/s1. The van der Waals surface area contributed by atoms with E-state index in [2.05, 4.69) is 10.2 Å². The number of aliphatic hydroxyl groups is 1. The van der Waals surface area contributed by atoms with Gasteiger partial charge in [0.1, 0.15) is 5.60 Å². The van der Waals surface area contributed by atoms with E-state index in [-0.39, 0.29) is 0 Å². The number of fused-ring (bicyclic) bond motifs is 1. The SMILES string of the molecule is O[C@@]1(CNc2nc3ccccc3nc2N2CCCC2)CCOC1. The van der Waals surface area contributed by atoms with E-state index in [1.807, 2.05) is 24.3 Å². The number of rotatable bonds is 4. The molecule has 1 aromatic carbocycles. The molecule has 1 aromatic heterocycles. The summed E-state index contributed by atoms with van der Waals surface area (Å²) in [5.74, 6) is 1.65. The normalized spacial score (nSPS) is 24.5. The number of nitrogens with one attached hydrogen (secondary N) is 1. The molecular weight excluding hydrogens is 292 g/mol. The highest BCUT2D eigenvalue weighted by Gasteiger charge is 2.32. The Labute approximate surface area is 135 Å². The van der Waals surface area contributed by atoms with Gasteiger partial charge in [0.25, 0.3) is 0 Å². The minimum absolute atomic E-state index is 0.375. The molecule has 2 saturated heterocycles. The van der Waals surface area contributed by atoms with E-state index in [1.165, 1.54) is 12.8 Å². The van der Waals surface area contributed by atoms with Crippen LogP contribution in [0.15, 0.2) is 24.3 Å². The van der Waals surface area contributed by atoms with Gasteiger partial charge in [-0.25, -0.2) is 9.97 Å². The number of anilines is 2. The molecule has 2 N–H and O–H groups in total. The van der Waals surface area contributed by atoms with Gasteiger partial charge < -0.3 is 20.1 Å². The second-order valence-electron chi connectivity index (χ2n) is 6.46. The Bertz CT molecular complexity index is 694. The first-order valence-electron chi connectivity index (χ1n) is 8.29. The summed E-state index contributed by atoms with van der Waals surface area (Å²) in [6, 6.07) is 7.91. The molecule has 0 aliphatic carbocycles. The van der Waals surface area contributed by atoms with Crippen molar-refractivity contribution in [2.45, 2.75) is 24.9 Å². The van der Waals surface area contributed by atoms with Crippen molar-refractivity contribution in [1.82, 2.24) is 9.97 Å². The quantitative estimate of drug-likeness (QED) is 0.897. The van der Waals surface area contributed by atoms with Gasteiger partial charge in [0, 0.05) is 32.7 Å². The Morgan fingerprint density at radius 1 is 1.17 bits per heavy atom. The number of benzene rings is 1. The van der Waals surface area contributed by atoms with E-state index in [9.17, 15) is 5.11 Å². The van der Waals surface area contributed by atoms with Crippen LogP contribution in [-0.4, -0.2) is 53.5 Å². The van der Waals surface area contributed by atoms with E-state index in [4.69, 9.17) is 14.7 Å². The molecule has 6 heteroatoms. The molecular formula is C17H22N4O2. The van der Waals surface area contributed by atoms with E-state index >= 15 is 0 Å². The fourth-order valence-corrected chi connectivity index (χ4v) is 3.24. The predicted molar refractivity (Wildman–Crippen MR) is 89.9 cm³/mol. The zero-order valence-electron chi connectivity index (χ0n) is 13.2. The van der Waals surface area contributed by atoms with Crippen molar-refractivity contribution in [2.75, 3.05) is 43.1 Å². The second kappa shape index (κ2) is 5.94. The van der Waals surface area contributed by atoms with Crippen LogP contribution >= 0.6 is 0 Å². The average Bonchev–Trinajstić information content (AvgIpc) is 3.24. The summed E-state index contributed by atoms with van der Waals surface area (Å²) in [6.45, 7) is 3.44. The first kappa shape index (κ1) is 14.7. The smallest absolute Gasteiger partial charge is 0.172 e. The summed E-state index contributed by atoms with van der Waals surface area (Å²) in [5, 5.41) is 13.8. The first-order valence-corrected chi connectivity index (χ1v) is 8.29. The average molecular weight is 314 g/mol. The first-order chi connectivity index (χ1) is 11.2. The summed E-state index contributed by atoms with van der Waals surface area (Å²) < 4.78 is 5.31. The maximum Gasteiger partial charge on any atom is 0.172 e. The van der Waals surface area contributed by atoms with Gasteiger partial charge in [-0.15, -0.1) is 0 Å². The number of nitrogens with zero attached hydrogens (tertiary/aromatic N) is 3. The molecule has 0 unspecified atom stereocenters. The molecule has 4 rings (SSSR count). The molecule has 6 nitrogen and oxygen atoms in total. The molecule has 2 fully saturated rings. The van der Waals surface area contributed by atoms with Crippen LogP contribution < -0.4 is 10.2 Å². The molecule has 1 atom stereocenters. The third-order valence-corrected chi connectivity index (χ3v) is 4.63. The van der Waals surface area contributed by atoms with Gasteiger partial charge in [0.2, 0.25) is 0 Å². The molecule has 122 valence electrons. The molecule has 0 spiro atoms. The van der Waals surface area contributed by atoms with Crippen molar-refractivity contribution in [2.24, 2.45) is 0 Å². The predicted octanol–water partition coefficient (Wildman–Crippen LogP) is 1.79. The Kier molecular flexibility index (Phi) is 3.79. The maximum atomic E-state index is 10.5. The van der Waals surface area contributed by atoms with Crippen LogP contribution in [0, 0.1) is 0 Å². The summed E-state index contributed by atoms with van der Waals surface area (Å²) in [4.78, 5) is 11.8. The van der Waals surface area contributed by atoms with E-state index in [1.54, 1.807) is 0 Å². The lowest BCUT2D eigenvalue weighted by atomic mass is 10.0. The molecule has 0 bridgehead atoms. The van der Waals surface area contributed by atoms with Crippen molar-refractivity contribution in [1.29, 1.82) is 0 Å². The fourth-order valence-electron chi connectivity index (χ4n) is 3.24. The molecule has 3 heterocycles. The van der Waals surface area contributed by atoms with E-state index in [0.29, 0.717) is 26.2 Å². The van der Waals surface area contributed by atoms with Gasteiger partial charge in [-0.05, 0) is 25.0 Å². The summed E-state index contributed by atoms with van der Waals surface area (Å²) in [5.41, 5.74) is 0.964. The van der Waals surface area contributed by atoms with Crippen LogP contribution in [0.25, 0.3) is 11.0 Å². The lowest BCUT2D eigenvalue weighted by Crippen LogP contribution is -2.38. The highest BCUT2D eigenvalue weighted by atomic mass is 16.5. The lowest BCUT2D eigenvalue weighted by molar-refractivity contribution is 0.0381. The van der Waals surface area contributed by atoms with Crippen molar-refractivity contribution in [3.8, 4) is 0 Å². The number of hydrogen-bond acceptors (Lipinski definition) is 6. The molecule has 2 aromatic rings. The van der Waals surface area contributed by atoms with Crippen LogP contribution in [0.1, 0.15) is 19.3 Å². The number of para-hydroxylation sites is 2. The van der Waals surface area contributed by atoms with Crippen molar-refractivity contribution in [3.63, 3.8) is 0 Å². The van der Waals surface area contributed by atoms with Crippen molar-refractivity contribution in [3.05, 3.63) is 24.3 Å². The summed E-state index contributed by atoms with van der Waals surface area (Å²) >= 11 is 0. The van der Waals surface area contributed by atoms with Gasteiger partial charge in [-0.3, -0.25) is 0 Å². The number of hydrogen-bond donors (Lipinski definition) is 2. The topological polar surface area (TPSA) is 70.5 Å². The summed E-state index contributed by atoms with van der Waals surface area (Å²) in [6.07, 6.45) is 3.03. The van der Waals surface area contributed by atoms with Crippen LogP contribution in [0.4, 0.5) is 11.6 Å². The van der Waals surface area contributed by atoms with Gasteiger partial charge >= 0.3 is 0 Å². The highest BCUT2D eigenvalue weighted by Crippen LogP contribution is 2.29. The van der Waals surface area contributed by atoms with Gasteiger partial charge in [-0.2, -0.15) is 0 Å². The molecule has 23 heavy (non-hydrogen) atoms. The highest BCUT2D eigenvalue weighted by molar-refractivity contribution is 5.80. The number of ether oxygens (including phenoxy) is 1.